The molecule has 2 atom stereocenters. The molecule has 1 amide bonds. The molecule has 0 unspecified atom stereocenters. The molecular weight excluding hydrogens is 575 g/mol. The summed E-state index contributed by atoms with van der Waals surface area (Å²) in [5, 5.41) is 9.07. The Balaban J connectivity index is 1.68. The highest BCUT2D eigenvalue weighted by Crippen LogP contribution is 2.41. The molecule has 1 aliphatic heterocycles. The van der Waals surface area contributed by atoms with Crippen molar-refractivity contribution in [1.29, 1.82) is 0 Å². The van der Waals surface area contributed by atoms with Gasteiger partial charge in [-0.15, -0.1) is 0 Å². The van der Waals surface area contributed by atoms with Crippen molar-refractivity contribution >= 4 is 46.3 Å². The number of alkyl halides is 3. The molecule has 1 saturated heterocycles. The number of aliphatic carboxylic acids is 1. The van der Waals surface area contributed by atoms with Gasteiger partial charge in [0.2, 0.25) is 6.10 Å². The maximum atomic E-state index is 14.2. The molecular formula is C30H26F3NO5S2. The van der Waals surface area contributed by atoms with Crippen molar-refractivity contribution in [3.63, 3.8) is 0 Å². The molecule has 0 saturated carbocycles. The summed E-state index contributed by atoms with van der Waals surface area (Å²) >= 11 is 6.04. The second kappa shape index (κ2) is 13.2. The average Bonchev–Trinajstić information content (AvgIpc) is 3.20. The molecule has 0 aromatic heterocycles. The van der Waals surface area contributed by atoms with Crippen molar-refractivity contribution in [2.24, 2.45) is 0 Å². The Morgan fingerprint density at radius 2 is 1.66 bits per heavy atom. The van der Waals surface area contributed by atoms with Gasteiger partial charge in [-0.25, -0.2) is 0 Å². The molecule has 0 bridgehead atoms. The number of rotatable bonds is 11. The first kappa shape index (κ1) is 30.1. The average molecular weight is 602 g/mol. The number of carbonyl (C=O) groups is 2. The van der Waals surface area contributed by atoms with Crippen LogP contribution >= 0.6 is 24.0 Å². The second-order valence-electron chi connectivity index (χ2n) is 9.14. The number of amides is 1. The van der Waals surface area contributed by atoms with Crippen LogP contribution < -0.4 is 9.47 Å². The van der Waals surface area contributed by atoms with Gasteiger partial charge in [-0.05, 0) is 35.8 Å². The van der Waals surface area contributed by atoms with Crippen molar-refractivity contribution < 1.29 is 37.3 Å². The number of carbonyl (C=O) groups excluding carboxylic acids is 1. The van der Waals surface area contributed by atoms with Crippen LogP contribution in [0.15, 0.2) is 83.8 Å². The zero-order valence-electron chi connectivity index (χ0n) is 21.8. The van der Waals surface area contributed by atoms with Gasteiger partial charge in [-0.3, -0.25) is 14.5 Å². The molecule has 41 heavy (non-hydrogen) atoms. The SMILES string of the molecule is CC[C@@H](COc1ccc(/C=C2\SC(=S)N(CC(=O)O)C2=O)cc1O[C@H](c1ccccc1)C(F)(F)F)c1ccccc1. The summed E-state index contributed by atoms with van der Waals surface area (Å²) in [6.45, 7) is 1.61. The number of halogens is 3. The molecule has 3 aromatic rings. The lowest BCUT2D eigenvalue weighted by Gasteiger charge is -2.24. The van der Waals surface area contributed by atoms with Gasteiger partial charge in [0.15, 0.2) is 11.5 Å². The number of nitrogens with zero attached hydrogens (tertiary/aromatic N) is 1. The molecule has 1 aliphatic rings. The smallest absolute Gasteiger partial charge is 0.429 e. The van der Waals surface area contributed by atoms with E-state index in [2.05, 4.69) is 0 Å². The molecule has 6 nitrogen and oxygen atoms in total. The summed E-state index contributed by atoms with van der Waals surface area (Å²) in [4.78, 5) is 24.9. The van der Waals surface area contributed by atoms with Crippen LogP contribution in [0.1, 0.15) is 42.1 Å². The summed E-state index contributed by atoms with van der Waals surface area (Å²) in [5.74, 6) is -1.88. The van der Waals surface area contributed by atoms with Gasteiger partial charge in [-0.2, -0.15) is 13.2 Å². The van der Waals surface area contributed by atoms with Crippen LogP contribution in [-0.4, -0.2) is 45.5 Å². The Labute approximate surface area is 244 Å². The minimum Gasteiger partial charge on any atom is -0.489 e. The zero-order valence-corrected chi connectivity index (χ0v) is 23.5. The van der Waals surface area contributed by atoms with Crippen molar-refractivity contribution in [3.8, 4) is 11.5 Å². The highest BCUT2D eigenvalue weighted by atomic mass is 32.2. The van der Waals surface area contributed by atoms with E-state index < -0.39 is 30.7 Å². The maximum absolute atomic E-state index is 14.2. The van der Waals surface area contributed by atoms with E-state index in [0.29, 0.717) is 5.56 Å². The fraction of sp³-hybridized carbons (Fsp3) is 0.233. The maximum Gasteiger partial charge on any atom is 0.429 e. The minimum absolute atomic E-state index is 0.00729. The molecule has 4 rings (SSSR count). The van der Waals surface area contributed by atoms with Crippen LogP contribution in [-0.2, 0) is 9.59 Å². The van der Waals surface area contributed by atoms with Crippen LogP contribution in [0.5, 0.6) is 11.5 Å². The van der Waals surface area contributed by atoms with E-state index in [1.165, 1.54) is 42.5 Å². The zero-order chi connectivity index (χ0) is 29.6. The highest BCUT2D eigenvalue weighted by Gasteiger charge is 2.43. The normalized spacial score (nSPS) is 16.1. The molecule has 3 aromatic carbocycles. The third-order valence-corrected chi connectivity index (χ3v) is 7.66. The molecule has 0 radical (unpaired) electrons. The first-order valence-electron chi connectivity index (χ1n) is 12.6. The van der Waals surface area contributed by atoms with Crippen LogP contribution in [0.4, 0.5) is 13.2 Å². The van der Waals surface area contributed by atoms with Crippen molar-refractivity contribution in [2.45, 2.75) is 31.5 Å². The topological polar surface area (TPSA) is 76.1 Å². The lowest BCUT2D eigenvalue weighted by Crippen LogP contribution is -2.33. The van der Waals surface area contributed by atoms with E-state index in [-0.39, 0.29) is 38.8 Å². The first-order chi connectivity index (χ1) is 19.6. The Kier molecular flexibility index (Phi) is 9.72. The van der Waals surface area contributed by atoms with Crippen LogP contribution in [0.3, 0.4) is 0 Å². The van der Waals surface area contributed by atoms with Gasteiger partial charge in [0.25, 0.3) is 5.91 Å². The number of hydrogen-bond donors (Lipinski definition) is 1. The summed E-state index contributed by atoms with van der Waals surface area (Å²) in [6, 6.07) is 21.4. The third-order valence-electron chi connectivity index (χ3n) is 6.28. The standard InChI is InChI=1S/C30H26F3NO5S2/c1-2-20(21-9-5-3-6-10-21)18-38-23-14-13-19(16-25-28(37)34(17-26(35)36)29(40)41-25)15-24(23)39-27(30(31,32)33)22-11-7-4-8-12-22/h3-16,20,27H,2,17-18H2,1H3,(H,35,36)/b25-16-/t20-,27+/m0/s1. The Hall–Kier alpha value is -3.83. The molecule has 0 spiro atoms. The van der Waals surface area contributed by atoms with Gasteiger partial charge in [0.05, 0.1) is 11.5 Å². The van der Waals surface area contributed by atoms with Gasteiger partial charge >= 0.3 is 12.1 Å². The molecule has 1 N–H and O–H groups in total. The Morgan fingerprint density at radius 1 is 1.02 bits per heavy atom. The van der Waals surface area contributed by atoms with E-state index in [4.69, 9.17) is 26.8 Å². The molecule has 11 heteroatoms. The predicted octanol–water partition coefficient (Wildman–Crippen LogP) is 7.23. The predicted molar refractivity (Wildman–Crippen MR) is 155 cm³/mol. The van der Waals surface area contributed by atoms with Crippen molar-refractivity contribution in [3.05, 3.63) is 100 Å². The second-order valence-corrected chi connectivity index (χ2v) is 10.8. The lowest BCUT2D eigenvalue weighted by molar-refractivity contribution is -0.198. The van der Waals surface area contributed by atoms with Crippen molar-refractivity contribution in [1.82, 2.24) is 4.90 Å². The molecule has 0 aliphatic carbocycles. The van der Waals surface area contributed by atoms with E-state index in [0.717, 1.165) is 28.6 Å². The van der Waals surface area contributed by atoms with E-state index in [1.807, 2.05) is 37.3 Å². The number of carboxylic acids is 1. The number of thioether (sulfide) groups is 1. The first-order valence-corrected chi connectivity index (χ1v) is 13.9. The van der Waals surface area contributed by atoms with Crippen LogP contribution in [0, 0.1) is 0 Å². The van der Waals surface area contributed by atoms with Crippen LogP contribution in [0.25, 0.3) is 6.08 Å². The van der Waals surface area contributed by atoms with E-state index in [1.54, 1.807) is 12.1 Å². The summed E-state index contributed by atoms with van der Waals surface area (Å²) in [7, 11) is 0. The Morgan fingerprint density at radius 3 is 2.24 bits per heavy atom. The van der Waals surface area contributed by atoms with Gasteiger partial charge in [-0.1, -0.05) is 97.6 Å². The van der Waals surface area contributed by atoms with E-state index in [9.17, 15) is 22.8 Å². The fourth-order valence-corrected chi connectivity index (χ4v) is 5.45. The van der Waals surface area contributed by atoms with Gasteiger partial charge in [0.1, 0.15) is 10.9 Å². The number of benzene rings is 3. The monoisotopic (exact) mass is 601 g/mol. The lowest BCUT2D eigenvalue weighted by atomic mass is 9.97. The Bertz CT molecular complexity index is 1430. The van der Waals surface area contributed by atoms with E-state index >= 15 is 0 Å². The van der Waals surface area contributed by atoms with Crippen molar-refractivity contribution in [2.75, 3.05) is 13.2 Å². The fourth-order valence-electron chi connectivity index (χ4n) is 4.19. The summed E-state index contributed by atoms with van der Waals surface area (Å²) < 4.78 is 54.3. The number of carboxylic acid groups (broad SMARTS) is 1. The quantitative estimate of drug-likeness (QED) is 0.184. The van der Waals surface area contributed by atoms with Gasteiger partial charge in [0, 0.05) is 11.5 Å². The summed E-state index contributed by atoms with van der Waals surface area (Å²) in [5.41, 5.74) is 1.31. The molecule has 214 valence electrons. The number of ether oxygens (including phenoxy) is 2. The number of thiocarbonyl (C=S) groups is 1. The summed E-state index contributed by atoms with van der Waals surface area (Å²) in [6.07, 6.45) is -4.83. The highest BCUT2D eigenvalue weighted by molar-refractivity contribution is 8.26. The molecule has 1 heterocycles. The van der Waals surface area contributed by atoms with Crippen LogP contribution in [0.2, 0.25) is 0 Å². The minimum atomic E-state index is -4.73. The largest absolute Gasteiger partial charge is 0.489 e. The number of hydrogen-bond acceptors (Lipinski definition) is 6. The van der Waals surface area contributed by atoms with Gasteiger partial charge < -0.3 is 14.6 Å². The molecule has 1 fully saturated rings. The third kappa shape index (κ3) is 7.68.